The zero-order valence-electron chi connectivity index (χ0n) is 14.6. The highest BCUT2D eigenvalue weighted by atomic mass is 15.1. The van der Waals surface area contributed by atoms with Crippen LogP contribution in [0, 0.1) is 0 Å². The van der Waals surface area contributed by atoms with Crippen molar-refractivity contribution in [1.82, 2.24) is 15.0 Å². The molecule has 0 saturated heterocycles. The third kappa shape index (κ3) is 5.01. The number of anilines is 2. The maximum Gasteiger partial charge on any atom is 0.225 e. The Morgan fingerprint density at radius 1 is 1.00 bits per heavy atom. The number of pyridine rings is 1. The molecule has 128 valence electrons. The summed E-state index contributed by atoms with van der Waals surface area (Å²) >= 11 is 0. The topological polar surface area (TPSA) is 62.7 Å². The Morgan fingerprint density at radius 3 is 2.56 bits per heavy atom. The molecule has 0 fully saturated rings. The number of hydrogen-bond donors (Lipinski definition) is 2. The van der Waals surface area contributed by atoms with Crippen LogP contribution >= 0.6 is 0 Å². The Morgan fingerprint density at radius 2 is 1.84 bits per heavy atom. The van der Waals surface area contributed by atoms with Crippen molar-refractivity contribution in [2.24, 2.45) is 0 Å². The van der Waals surface area contributed by atoms with E-state index in [1.54, 1.807) is 6.20 Å². The van der Waals surface area contributed by atoms with Crippen molar-refractivity contribution < 1.29 is 0 Å². The van der Waals surface area contributed by atoms with E-state index >= 15 is 0 Å². The van der Waals surface area contributed by atoms with Crippen LogP contribution in [0.2, 0.25) is 0 Å². The van der Waals surface area contributed by atoms with Crippen molar-refractivity contribution in [2.45, 2.75) is 26.3 Å². The molecule has 3 rings (SSSR count). The van der Waals surface area contributed by atoms with Crippen molar-refractivity contribution >= 4 is 11.8 Å². The summed E-state index contributed by atoms with van der Waals surface area (Å²) < 4.78 is 0. The highest BCUT2D eigenvalue weighted by Gasteiger charge is 2.08. The minimum Gasteiger partial charge on any atom is -0.370 e. The molecule has 25 heavy (non-hydrogen) atoms. The van der Waals surface area contributed by atoms with Crippen molar-refractivity contribution in [3.63, 3.8) is 0 Å². The van der Waals surface area contributed by atoms with Crippen LogP contribution in [-0.4, -0.2) is 27.5 Å². The predicted molar refractivity (Wildman–Crippen MR) is 103 cm³/mol. The van der Waals surface area contributed by atoms with Gasteiger partial charge in [-0.15, -0.1) is 0 Å². The lowest BCUT2D eigenvalue weighted by molar-refractivity contribution is 0.874. The van der Waals surface area contributed by atoms with Gasteiger partial charge in [0.1, 0.15) is 5.82 Å². The maximum absolute atomic E-state index is 4.61. The van der Waals surface area contributed by atoms with E-state index in [1.165, 1.54) is 5.56 Å². The number of rotatable bonds is 7. The fraction of sp³-hybridized carbons (Fsp3) is 0.250. The second-order valence-electron chi connectivity index (χ2n) is 6.17. The Bertz CT molecular complexity index is 788. The second kappa shape index (κ2) is 8.24. The first-order chi connectivity index (χ1) is 12.2. The highest BCUT2D eigenvalue weighted by Crippen LogP contribution is 2.21. The quantitative estimate of drug-likeness (QED) is 0.684. The Kier molecular flexibility index (Phi) is 5.57. The zero-order valence-corrected chi connectivity index (χ0v) is 14.6. The number of nitrogens with one attached hydrogen (secondary N) is 2. The lowest BCUT2D eigenvalue weighted by Crippen LogP contribution is -2.14. The molecule has 0 spiro atoms. The summed E-state index contributed by atoms with van der Waals surface area (Å²) in [7, 11) is 0. The standard InChI is InChI=1S/C20H23N5/c1-15(2)23-20-24-18(17-9-6-11-21-14-17)13-19(25-20)22-12-10-16-7-4-3-5-8-16/h3-9,11,13-15H,10,12H2,1-2H3,(H2,22,23,24,25). The van der Waals surface area contributed by atoms with Crippen LogP contribution in [0.25, 0.3) is 11.3 Å². The molecule has 0 atom stereocenters. The zero-order chi connectivity index (χ0) is 17.5. The summed E-state index contributed by atoms with van der Waals surface area (Å²) in [5.74, 6) is 1.44. The van der Waals surface area contributed by atoms with E-state index in [1.807, 2.05) is 30.5 Å². The predicted octanol–water partition coefficient (Wildman–Crippen LogP) is 4.01. The van der Waals surface area contributed by atoms with Gasteiger partial charge in [-0.05, 0) is 38.0 Å². The molecule has 3 aromatic rings. The second-order valence-corrected chi connectivity index (χ2v) is 6.17. The van der Waals surface area contributed by atoms with Gasteiger partial charge in [-0.2, -0.15) is 4.98 Å². The normalized spacial score (nSPS) is 10.7. The van der Waals surface area contributed by atoms with Crippen molar-refractivity contribution in [3.8, 4) is 11.3 Å². The monoisotopic (exact) mass is 333 g/mol. The molecule has 0 aliphatic heterocycles. The molecular formula is C20H23N5. The lowest BCUT2D eigenvalue weighted by atomic mass is 10.1. The first-order valence-corrected chi connectivity index (χ1v) is 8.54. The molecule has 0 aliphatic rings. The van der Waals surface area contributed by atoms with Crippen molar-refractivity contribution in [3.05, 3.63) is 66.5 Å². The van der Waals surface area contributed by atoms with Crippen molar-refractivity contribution in [1.29, 1.82) is 0 Å². The van der Waals surface area contributed by atoms with E-state index in [0.717, 1.165) is 30.0 Å². The van der Waals surface area contributed by atoms with Crippen LogP contribution in [0.4, 0.5) is 11.8 Å². The summed E-state index contributed by atoms with van der Waals surface area (Å²) in [5.41, 5.74) is 3.13. The molecule has 0 saturated carbocycles. The third-order valence-corrected chi connectivity index (χ3v) is 3.66. The molecule has 2 N–H and O–H groups in total. The molecule has 0 unspecified atom stereocenters. The van der Waals surface area contributed by atoms with Gasteiger partial charge in [-0.25, -0.2) is 4.98 Å². The van der Waals surface area contributed by atoms with E-state index in [0.29, 0.717) is 5.95 Å². The third-order valence-electron chi connectivity index (χ3n) is 3.66. The van der Waals surface area contributed by atoms with Crippen LogP contribution < -0.4 is 10.6 Å². The SMILES string of the molecule is CC(C)Nc1nc(NCCc2ccccc2)cc(-c2cccnc2)n1. The Balaban J connectivity index is 1.77. The summed E-state index contributed by atoms with van der Waals surface area (Å²) in [6.07, 6.45) is 4.52. The molecule has 2 aromatic heterocycles. The number of hydrogen-bond acceptors (Lipinski definition) is 5. The molecule has 5 nitrogen and oxygen atoms in total. The Hall–Kier alpha value is -2.95. The van der Waals surface area contributed by atoms with Crippen molar-refractivity contribution in [2.75, 3.05) is 17.2 Å². The number of nitrogens with zero attached hydrogens (tertiary/aromatic N) is 3. The Labute approximate surface area is 148 Å². The average Bonchev–Trinajstić information content (AvgIpc) is 2.63. The van der Waals surface area contributed by atoms with Gasteiger partial charge < -0.3 is 10.6 Å². The first kappa shape index (κ1) is 16.9. The fourth-order valence-corrected chi connectivity index (χ4v) is 2.50. The minimum absolute atomic E-state index is 0.265. The van der Waals surface area contributed by atoms with E-state index in [4.69, 9.17) is 0 Å². The summed E-state index contributed by atoms with van der Waals surface area (Å²) in [4.78, 5) is 13.4. The van der Waals surface area contributed by atoms with E-state index in [-0.39, 0.29) is 6.04 Å². The molecule has 0 amide bonds. The van der Waals surface area contributed by atoms with E-state index < -0.39 is 0 Å². The van der Waals surface area contributed by atoms with Crippen LogP contribution in [-0.2, 0) is 6.42 Å². The van der Waals surface area contributed by atoms with E-state index in [2.05, 4.69) is 63.7 Å². The van der Waals surface area contributed by atoms with Gasteiger partial charge in [-0.1, -0.05) is 30.3 Å². The van der Waals surface area contributed by atoms with Gasteiger partial charge in [0.05, 0.1) is 5.69 Å². The summed E-state index contributed by atoms with van der Waals surface area (Å²) in [6.45, 7) is 4.96. The highest BCUT2D eigenvalue weighted by molar-refractivity contribution is 5.63. The molecule has 0 radical (unpaired) electrons. The van der Waals surface area contributed by atoms with Crippen LogP contribution in [0.3, 0.4) is 0 Å². The molecule has 2 heterocycles. The maximum atomic E-state index is 4.61. The molecule has 0 bridgehead atoms. The van der Waals surface area contributed by atoms with Gasteiger partial charge in [0.15, 0.2) is 0 Å². The van der Waals surface area contributed by atoms with Gasteiger partial charge >= 0.3 is 0 Å². The number of aromatic nitrogens is 3. The molecule has 5 heteroatoms. The lowest BCUT2D eigenvalue weighted by Gasteiger charge is -2.13. The van der Waals surface area contributed by atoms with Gasteiger partial charge in [0.25, 0.3) is 0 Å². The minimum atomic E-state index is 0.265. The fourth-order valence-electron chi connectivity index (χ4n) is 2.50. The molecule has 0 aliphatic carbocycles. The van der Waals surface area contributed by atoms with Gasteiger partial charge in [0.2, 0.25) is 5.95 Å². The largest absolute Gasteiger partial charge is 0.370 e. The van der Waals surface area contributed by atoms with Gasteiger partial charge in [-0.3, -0.25) is 4.98 Å². The van der Waals surface area contributed by atoms with Crippen LogP contribution in [0.1, 0.15) is 19.4 Å². The van der Waals surface area contributed by atoms with Gasteiger partial charge in [0, 0.05) is 36.6 Å². The summed E-state index contributed by atoms with van der Waals surface area (Å²) in [5, 5.41) is 6.69. The average molecular weight is 333 g/mol. The summed E-state index contributed by atoms with van der Waals surface area (Å²) in [6, 6.07) is 16.6. The number of benzene rings is 1. The van der Waals surface area contributed by atoms with Crippen LogP contribution in [0.5, 0.6) is 0 Å². The molecule has 1 aromatic carbocycles. The smallest absolute Gasteiger partial charge is 0.225 e. The van der Waals surface area contributed by atoms with E-state index in [9.17, 15) is 0 Å². The first-order valence-electron chi connectivity index (χ1n) is 8.54. The van der Waals surface area contributed by atoms with Crippen LogP contribution in [0.15, 0.2) is 60.9 Å². The molecular weight excluding hydrogens is 310 g/mol.